The molecule has 3 aromatic rings. The summed E-state index contributed by atoms with van der Waals surface area (Å²) in [6.45, 7) is 2.79. The third-order valence-electron chi connectivity index (χ3n) is 4.62. The van der Waals surface area contributed by atoms with E-state index in [1.54, 1.807) is 17.0 Å². The smallest absolute Gasteiger partial charge is 0.222 e. The second kappa shape index (κ2) is 8.49. The molecule has 0 unspecified atom stereocenters. The van der Waals surface area contributed by atoms with Gasteiger partial charge in [-0.2, -0.15) is 0 Å². The van der Waals surface area contributed by atoms with E-state index < -0.39 is 0 Å². The lowest BCUT2D eigenvalue weighted by Crippen LogP contribution is -2.30. The van der Waals surface area contributed by atoms with E-state index in [-0.39, 0.29) is 11.7 Å². The summed E-state index contributed by atoms with van der Waals surface area (Å²) in [5, 5.41) is 1.21. The molecule has 0 aliphatic heterocycles. The van der Waals surface area contributed by atoms with Gasteiger partial charge in [0.25, 0.3) is 0 Å². The fourth-order valence-corrected chi connectivity index (χ4v) is 3.58. The second-order valence-electron chi connectivity index (χ2n) is 6.36. The van der Waals surface area contributed by atoms with Gasteiger partial charge in [0.05, 0.1) is 0 Å². The molecule has 1 heterocycles. The number of para-hydroxylation sites is 1. The summed E-state index contributed by atoms with van der Waals surface area (Å²) in [6, 6.07) is 13.0. The summed E-state index contributed by atoms with van der Waals surface area (Å²) in [6.07, 6.45) is 4.10. The number of nitrogens with zero attached hydrogens (tertiary/aromatic N) is 1. The minimum absolute atomic E-state index is 0.0618. The van der Waals surface area contributed by atoms with Crippen LogP contribution in [0, 0.1) is 5.82 Å². The predicted octanol–water partition coefficient (Wildman–Crippen LogP) is 5.44. The van der Waals surface area contributed by atoms with Crippen LogP contribution in [0.15, 0.2) is 53.1 Å². The molecule has 3 rings (SSSR count). The molecule has 0 aliphatic carbocycles. The van der Waals surface area contributed by atoms with Gasteiger partial charge in [-0.3, -0.25) is 4.79 Å². The third kappa shape index (κ3) is 4.33. The number of benzene rings is 2. The molecule has 1 amide bonds. The van der Waals surface area contributed by atoms with Crippen LogP contribution in [0.2, 0.25) is 0 Å². The zero-order valence-corrected chi connectivity index (χ0v) is 16.4. The summed E-state index contributed by atoms with van der Waals surface area (Å²) in [7, 11) is 0. The highest BCUT2D eigenvalue weighted by Crippen LogP contribution is 2.21. The number of carbonyl (C=O) groups is 1. The predicted molar refractivity (Wildman–Crippen MR) is 106 cm³/mol. The zero-order valence-electron chi connectivity index (χ0n) is 14.8. The summed E-state index contributed by atoms with van der Waals surface area (Å²) < 4.78 is 14.8. The summed E-state index contributed by atoms with van der Waals surface area (Å²) in [4.78, 5) is 17.5. The van der Waals surface area contributed by atoms with Gasteiger partial charge in [-0.1, -0.05) is 34.1 Å². The van der Waals surface area contributed by atoms with Crippen molar-refractivity contribution < 1.29 is 9.18 Å². The number of rotatable bonds is 7. The second-order valence-corrected chi connectivity index (χ2v) is 7.27. The number of hydrogen-bond acceptors (Lipinski definition) is 1. The topological polar surface area (TPSA) is 36.1 Å². The number of nitrogens with one attached hydrogen (secondary N) is 1. The molecular formula is C21H22BrFN2O. The van der Waals surface area contributed by atoms with Gasteiger partial charge in [-0.25, -0.2) is 4.39 Å². The summed E-state index contributed by atoms with van der Waals surface area (Å²) in [5.74, 6) is -0.218. The van der Waals surface area contributed by atoms with Crippen molar-refractivity contribution in [1.82, 2.24) is 9.88 Å². The number of aromatic nitrogens is 1. The van der Waals surface area contributed by atoms with Crippen molar-refractivity contribution in [1.29, 1.82) is 0 Å². The number of carbonyl (C=O) groups excluding carboxylic acids is 1. The van der Waals surface area contributed by atoms with Crippen molar-refractivity contribution in [2.75, 3.05) is 6.54 Å². The first-order valence-electron chi connectivity index (χ1n) is 8.85. The van der Waals surface area contributed by atoms with Crippen LogP contribution in [-0.4, -0.2) is 22.3 Å². The number of halogens is 2. The number of fused-ring (bicyclic) bond motifs is 1. The van der Waals surface area contributed by atoms with E-state index in [1.807, 2.05) is 25.3 Å². The van der Waals surface area contributed by atoms with Gasteiger partial charge in [0, 0.05) is 46.6 Å². The largest absolute Gasteiger partial charge is 0.361 e. The van der Waals surface area contributed by atoms with Gasteiger partial charge in [-0.05, 0) is 49.6 Å². The first-order valence-corrected chi connectivity index (χ1v) is 9.64. The van der Waals surface area contributed by atoms with Crippen LogP contribution in [0.1, 0.15) is 30.9 Å². The molecule has 0 spiro atoms. The van der Waals surface area contributed by atoms with E-state index >= 15 is 0 Å². The average molecular weight is 417 g/mol. The Bertz CT molecular complexity index is 906. The van der Waals surface area contributed by atoms with E-state index in [1.165, 1.54) is 17.0 Å². The molecule has 0 aliphatic rings. The zero-order chi connectivity index (χ0) is 18.5. The Kier molecular flexibility index (Phi) is 6.09. The SMILES string of the molecule is CCN(Cc1cc(Br)ccc1F)C(=O)CCCc1c[nH]c2ccccc12. The summed E-state index contributed by atoms with van der Waals surface area (Å²) in [5.41, 5.74) is 2.88. The maximum Gasteiger partial charge on any atom is 0.222 e. The van der Waals surface area contributed by atoms with Crippen molar-refractivity contribution in [3.8, 4) is 0 Å². The molecule has 0 saturated heterocycles. The number of H-pyrrole nitrogens is 1. The van der Waals surface area contributed by atoms with Crippen molar-refractivity contribution >= 4 is 32.7 Å². The van der Waals surface area contributed by atoms with Gasteiger partial charge < -0.3 is 9.88 Å². The first kappa shape index (κ1) is 18.6. The highest BCUT2D eigenvalue weighted by molar-refractivity contribution is 9.10. The molecule has 26 heavy (non-hydrogen) atoms. The molecule has 5 heteroatoms. The molecule has 0 atom stereocenters. The maximum atomic E-state index is 14.0. The average Bonchev–Trinajstić information content (AvgIpc) is 3.05. The van der Waals surface area contributed by atoms with Gasteiger partial charge in [0.15, 0.2) is 0 Å². The molecule has 136 valence electrons. The molecule has 0 radical (unpaired) electrons. The summed E-state index contributed by atoms with van der Waals surface area (Å²) >= 11 is 3.36. The molecule has 0 saturated carbocycles. The van der Waals surface area contributed by atoms with Crippen LogP contribution in [0.25, 0.3) is 10.9 Å². The number of amides is 1. The van der Waals surface area contributed by atoms with Crippen molar-refractivity contribution in [3.05, 3.63) is 70.1 Å². The standard InChI is InChI=1S/C21H22BrFN2O/c1-2-25(14-16-12-17(22)10-11-19(16)23)21(26)9-5-6-15-13-24-20-8-4-3-7-18(15)20/h3-4,7-8,10-13,24H,2,5-6,9,14H2,1H3. The van der Waals surface area contributed by atoms with E-state index in [0.29, 0.717) is 25.1 Å². The minimum Gasteiger partial charge on any atom is -0.361 e. The van der Waals surface area contributed by atoms with E-state index in [9.17, 15) is 9.18 Å². The molecular weight excluding hydrogens is 395 g/mol. The van der Waals surface area contributed by atoms with Crippen molar-refractivity contribution in [3.63, 3.8) is 0 Å². The lowest BCUT2D eigenvalue weighted by Gasteiger charge is -2.21. The quantitative estimate of drug-likeness (QED) is 0.546. The van der Waals surface area contributed by atoms with Gasteiger partial charge in [-0.15, -0.1) is 0 Å². The molecule has 1 N–H and O–H groups in total. The monoisotopic (exact) mass is 416 g/mol. The highest BCUT2D eigenvalue weighted by atomic mass is 79.9. The van der Waals surface area contributed by atoms with Crippen LogP contribution in [0.5, 0.6) is 0 Å². The van der Waals surface area contributed by atoms with Gasteiger partial charge >= 0.3 is 0 Å². The Labute approximate surface area is 161 Å². The number of aromatic amines is 1. The Hall–Kier alpha value is -2.14. The van der Waals surface area contributed by atoms with E-state index in [2.05, 4.69) is 33.0 Å². The van der Waals surface area contributed by atoms with Crippen molar-refractivity contribution in [2.45, 2.75) is 32.7 Å². The lowest BCUT2D eigenvalue weighted by molar-refractivity contribution is -0.131. The van der Waals surface area contributed by atoms with E-state index in [0.717, 1.165) is 22.8 Å². The first-order chi connectivity index (χ1) is 12.6. The molecule has 3 nitrogen and oxygen atoms in total. The molecule has 0 fully saturated rings. The Morgan fingerprint density at radius 1 is 1.19 bits per heavy atom. The lowest BCUT2D eigenvalue weighted by atomic mass is 10.1. The Morgan fingerprint density at radius 3 is 2.81 bits per heavy atom. The fraction of sp³-hybridized carbons (Fsp3) is 0.286. The van der Waals surface area contributed by atoms with Crippen LogP contribution < -0.4 is 0 Å². The normalized spacial score (nSPS) is 11.0. The number of aryl methyl sites for hydroxylation is 1. The molecule has 0 bridgehead atoms. The van der Waals surface area contributed by atoms with Gasteiger partial charge in [0.1, 0.15) is 5.82 Å². The van der Waals surface area contributed by atoms with Crippen molar-refractivity contribution in [2.24, 2.45) is 0 Å². The Morgan fingerprint density at radius 2 is 2.00 bits per heavy atom. The Balaban J connectivity index is 1.58. The van der Waals surface area contributed by atoms with E-state index in [4.69, 9.17) is 0 Å². The minimum atomic E-state index is -0.279. The van der Waals surface area contributed by atoms with Crippen LogP contribution >= 0.6 is 15.9 Å². The van der Waals surface area contributed by atoms with Crippen LogP contribution in [0.4, 0.5) is 4.39 Å². The third-order valence-corrected chi connectivity index (χ3v) is 5.11. The fourth-order valence-electron chi connectivity index (χ4n) is 3.17. The maximum absolute atomic E-state index is 14.0. The van der Waals surface area contributed by atoms with Crippen LogP contribution in [-0.2, 0) is 17.8 Å². The highest BCUT2D eigenvalue weighted by Gasteiger charge is 2.15. The van der Waals surface area contributed by atoms with Gasteiger partial charge in [0.2, 0.25) is 5.91 Å². The number of hydrogen-bond donors (Lipinski definition) is 1. The molecule has 2 aromatic carbocycles. The van der Waals surface area contributed by atoms with Crippen LogP contribution in [0.3, 0.4) is 0 Å². The molecule has 1 aromatic heterocycles.